The molecule has 0 N–H and O–H groups in total. The highest BCUT2D eigenvalue weighted by atomic mass is 16.5. The van der Waals surface area contributed by atoms with Gasteiger partial charge in [0.05, 0.1) is 12.2 Å². The molecule has 0 aromatic carbocycles. The van der Waals surface area contributed by atoms with E-state index in [-0.39, 0.29) is 0 Å². The van der Waals surface area contributed by atoms with Crippen molar-refractivity contribution in [3.05, 3.63) is 23.8 Å². The van der Waals surface area contributed by atoms with Gasteiger partial charge in [-0.05, 0) is 24.8 Å². The monoisotopic (exact) mass is 148 g/mol. The Morgan fingerprint density at radius 1 is 1.36 bits per heavy atom. The first-order valence-corrected chi connectivity index (χ1v) is 4.49. The average Bonchev–Trinajstić information content (AvgIpc) is 2.64. The minimum absolute atomic E-state index is 0.366. The molecule has 0 radical (unpaired) electrons. The van der Waals surface area contributed by atoms with Gasteiger partial charge in [0.15, 0.2) is 0 Å². The molecule has 3 aliphatic rings. The van der Waals surface area contributed by atoms with Crippen LogP contribution in [0.1, 0.15) is 19.3 Å². The van der Waals surface area contributed by atoms with Crippen LogP contribution in [0.3, 0.4) is 0 Å². The molecule has 0 saturated carbocycles. The summed E-state index contributed by atoms with van der Waals surface area (Å²) < 4.78 is 5.74. The second-order valence-corrected chi connectivity index (χ2v) is 3.65. The van der Waals surface area contributed by atoms with Crippen LogP contribution in [0.15, 0.2) is 23.8 Å². The maximum Gasteiger partial charge on any atom is 0.0979 e. The lowest BCUT2D eigenvalue weighted by molar-refractivity contribution is 0.110. The topological polar surface area (TPSA) is 9.23 Å². The van der Waals surface area contributed by atoms with Gasteiger partial charge in [-0.15, -0.1) is 0 Å². The zero-order valence-electron chi connectivity index (χ0n) is 6.49. The van der Waals surface area contributed by atoms with E-state index in [4.69, 9.17) is 4.74 Å². The number of hydrogen-bond acceptors (Lipinski definition) is 1. The van der Waals surface area contributed by atoms with E-state index >= 15 is 0 Å². The first kappa shape index (κ1) is 6.01. The lowest BCUT2D eigenvalue weighted by Gasteiger charge is -2.21. The second-order valence-electron chi connectivity index (χ2n) is 3.65. The molecule has 2 heterocycles. The molecule has 1 fully saturated rings. The van der Waals surface area contributed by atoms with Crippen LogP contribution in [-0.2, 0) is 4.74 Å². The summed E-state index contributed by atoms with van der Waals surface area (Å²) in [5.41, 5.74) is 1.57. The Bertz CT molecular complexity index is 239. The van der Waals surface area contributed by atoms with Crippen LogP contribution in [0.2, 0.25) is 0 Å². The van der Waals surface area contributed by atoms with Crippen LogP contribution in [0, 0.1) is 5.92 Å². The fraction of sp³-hybridized carbons (Fsp3) is 0.600. The van der Waals surface area contributed by atoms with Gasteiger partial charge in [-0.25, -0.2) is 0 Å². The highest BCUT2D eigenvalue weighted by molar-refractivity contribution is 5.33. The van der Waals surface area contributed by atoms with Crippen molar-refractivity contribution < 1.29 is 4.74 Å². The fourth-order valence-electron chi connectivity index (χ4n) is 2.49. The standard InChI is InChI=1S/C10H12O/c1-2-4-8-7(3-1)9-5-6-10(8)11-9/h3,5-6,8-10H,1-2,4H2/t8-,9+,10-/m0/s1. The number of fused-ring (bicyclic) bond motifs is 5. The quantitative estimate of drug-likeness (QED) is 0.478. The lowest BCUT2D eigenvalue weighted by Crippen LogP contribution is -2.17. The van der Waals surface area contributed by atoms with Crippen molar-refractivity contribution in [1.82, 2.24) is 0 Å². The predicted octanol–water partition coefficient (Wildman–Crippen LogP) is 2.05. The van der Waals surface area contributed by atoms with E-state index < -0.39 is 0 Å². The molecule has 0 amide bonds. The molecule has 0 unspecified atom stereocenters. The molecule has 1 heteroatoms. The highest BCUT2D eigenvalue weighted by Crippen LogP contribution is 2.43. The largest absolute Gasteiger partial charge is 0.362 e. The van der Waals surface area contributed by atoms with Gasteiger partial charge in [-0.3, -0.25) is 0 Å². The van der Waals surface area contributed by atoms with Crippen LogP contribution >= 0.6 is 0 Å². The van der Waals surface area contributed by atoms with E-state index in [0.29, 0.717) is 12.2 Å². The van der Waals surface area contributed by atoms with E-state index in [1.54, 1.807) is 5.57 Å². The van der Waals surface area contributed by atoms with Crippen LogP contribution in [0.25, 0.3) is 0 Å². The molecule has 0 spiro atoms. The molecular weight excluding hydrogens is 136 g/mol. The number of rotatable bonds is 0. The number of allylic oxidation sites excluding steroid dienone is 1. The van der Waals surface area contributed by atoms with Crippen molar-refractivity contribution in [1.29, 1.82) is 0 Å². The van der Waals surface area contributed by atoms with Crippen molar-refractivity contribution in [2.75, 3.05) is 0 Å². The summed E-state index contributed by atoms with van der Waals surface area (Å²) in [6.07, 6.45) is 11.6. The molecule has 0 aromatic heterocycles. The van der Waals surface area contributed by atoms with Gasteiger partial charge < -0.3 is 4.74 Å². The van der Waals surface area contributed by atoms with Crippen LogP contribution < -0.4 is 0 Å². The summed E-state index contributed by atoms with van der Waals surface area (Å²) in [6, 6.07) is 0. The lowest BCUT2D eigenvalue weighted by atomic mass is 9.81. The Balaban J connectivity index is 2.04. The first-order chi connectivity index (χ1) is 5.45. The van der Waals surface area contributed by atoms with Gasteiger partial charge >= 0.3 is 0 Å². The molecule has 3 atom stereocenters. The maximum atomic E-state index is 5.74. The minimum atomic E-state index is 0.366. The molecule has 11 heavy (non-hydrogen) atoms. The Labute approximate surface area is 66.7 Å². The summed E-state index contributed by atoms with van der Waals surface area (Å²) in [6.45, 7) is 0. The SMILES string of the molecule is C1=C[C@H]2O[C@@H]1[C@H]1CCCC=C21. The van der Waals surface area contributed by atoms with Crippen molar-refractivity contribution in [3.8, 4) is 0 Å². The zero-order chi connectivity index (χ0) is 7.26. The van der Waals surface area contributed by atoms with Gasteiger partial charge in [-0.1, -0.05) is 18.2 Å². The smallest absolute Gasteiger partial charge is 0.0979 e. The van der Waals surface area contributed by atoms with Gasteiger partial charge in [0.1, 0.15) is 0 Å². The third-order valence-corrected chi connectivity index (χ3v) is 3.03. The van der Waals surface area contributed by atoms with E-state index in [1.165, 1.54) is 19.3 Å². The third kappa shape index (κ3) is 0.694. The zero-order valence-corrected chi connectivity index (χ0v) is 6.49. The highest BCUT2D eigenvalue weighted by Gasteiger charge is 2.41. The summed E-state index contributed by atoms with van der Waals surface area (Å²) in [5, 5.41) is 0. The maximum absolute atomic E-state index is 5.74. The molecule has 1 aliphatic carbocycles. The van der Waals surface area contributed by atoms with E-state index in [0.717, 1.165) is 5.92 Å². The Kier molecular flexibility index (Phi) is 1.08. The molecule has 2 aliphatic heterocycles. The normalized spacial score (nSPS) is 45.8. The first-order valence-electron chi connectivity index (χ1n) is 4.49. The molecule has 3 rings (SSSR count). The summed E-state index contributed by atoms with van der Waals surface area (Å²) in [4.78, 5) is 0. The van der Waals surface area contributed by atoms with E-state index in [1.807, 2.05) is 0 Å². The van der Waals surface area contributed by atoms with Crippen molar-refractivity contribution in [2.45, 2.75) is 31.5 Å². The van der Waals surface area contributed by atoms with Crippen molar-refractivity contribution in [2.24, 2.45) is 5.92 Å². The Hall–Kier alpha value is -0.560. The van der Waals surface area contributed by atoms with Crippen molar-refractivity contribution >= 4 is 0 Å². The van der Waals surface area contributed by atoms with Crippen LogP contribution in [0.4, 0.5) is 0 Å². The van der Waals surface area contributed by atoms with Gasteiger partial charge in [-0.2, -0.15) is 0 Å². The fourth-order valence-corrected chi connectivity index (χ4v) is 2.49. The summed E-state index contributed by atoms with van der Waals surface area (Å²) >= 11 is 0. The molecule has 0 aromatic rings. The molecular formula is C10H12O. The van der Waals surface area contributed by atoms with Crippen LogP contribution in [-0.4, -0.2) is 12.2 Å². The Morgan fingerprint density at radius 3 is 3.27 bits per heavy atom. The second kappa shape index (κ2) is 1.98. The molecule has 1 nitrogen and oxygen atoms in total. The van der Waals surface area contributed by atoms with Crippen LogP contribution in [0.5, 0.6) is 0 Å². The molecule has 58 valence electrons. The minimum Gasteiger partial charge on any atom is -0.362 e. The Morgan fingerprint density at radius 2 is 2.36 bits per heavy atom. The van der Waals surface area contributed by atoms with Gasteiger partial charge in [0.2, 0.25) is 0 Å². The van der Waals surface area contributed by atoms with Gasteiger partial charge in [0, 0.05) is 5.92 Å². The molecule has 1 saturated heterocycles. The summed E-state index contributed by atoms with van der Waals surface area (Å²) in [5.74, 6) is 0.749. The van der Waals surface area contributed by atoms with Gasteiger partial charge in [0.25, 0.3) is 0 Å². The molecule has 2 bridgehead atoms. The van der Waals surface area contributed by atoms with E-state index in [2.05, 4.69) is 18.2 Å². The summed E-state index contributed by atoms with van der Waals surface area (Å²) in [7, 11) is 0. The average molecular weight is 148 g/mol. The van der Waals surface area contributed by atoms with Crippen molar-refractivity contribution in [3.63, 3.8) is 0 Å². The number of ether oxygens (including phenoxy) is 1. The number of hydrogen-bond donors (Lipinski definition) is 0. The predicted molar refractivity (Wildman–Crippen MR) is 43.2 cm³/mol. The van der Waals surface area contributed by atoms with E-state index in [9.17, 15) is 0 Å². The third-order valence-electron chi connectivity index (χ3n) is 3.03.